The van der Waals surface area contributed by atoms with E-state index < -0.39 is 21.2 Å². The fourth-order valence-electron chi connectivity index (χ4n) is 1.84. The lowest BCUT2D eigenvalue weighted by molar-refractivity contribution is 0.0855. The number of rotatable bonds is 4. The smallest absolute Gasteiger partial charge is 0.244 e. The predicted octanol–water partition coefficient (Wildman–Crippen LogP) is 2.72. The number of carbonyl (C=O) groups is 1. The van der Waals surface area contributed by atoms with E-state index >= 15 is 0 Å². The Hall–Kier alpha value is -1.11. The molecule has 0 aromatic heterocycles. The van der Waals surface area contributed by atoms with Crippen LogP contribution in [0.2, 0.25) is 5.02 Å². The SMILES string of the molecule is CC(C)(C)C(=O)c1cc(Cl)cc(S(=O)(=O)NC2CC2)c1O. The topological polar surface area (TPSA) is 83.5 Å². The van der Waals surface area contributed by atoms with Gasteiger partial charge < -0.3 is 5.11 Å². The Kier molecular flexibility index (Phi) is 4.08. The van der Waals surface area contributed by atoms with Gasteiger partial charge in [-0.25, -0.2) is 13.1 Å². The molecule has 2 N–H and O–H groups in total. The minimum atomic E-state index is -3.89. The van der Waals surface area contributed by atoms with Crippen LogP contribution in [0.3, 0.4) is 0 Å². The summed E-state index contributed by atoms with van der Waals surface area (Å²) in [5, 5.41) is 10.3. The summed E-state index contributed by atoms with van der Waals surface area (Å²) in [5.41, 5.74) is -0.834. The number of carbonyl (C=O) groups excluding carboxylic acids is 1. The quantitative estimate of drug-likeness (QED) is 0.831. The van der Waals surface area contributed by atoms with Crippen molar-refractivity contribution in [3.8, 4) is 5.75 Å². The highest BCUT2D eigenvalue weighted by atomic mass is 35.5. The lowest BCUT2D eigenvalue weighted by Gasteiger charge is -2.19. The Bertz CT molecular complexity index is 688. The highest BCUT2D eigenvalue weighted by Crippen LogP contribution is 2.35. The molecule has 0 spiro atoms. The zero-order valence-corrected chi connectivity index (χ0v) is 13.7. The van der Waals surface area contributed by atoms with Crippen LogP contribution in [0.1, 0.15) is 44.0 Å². The molecular formula is C14H18ClNO4S. The summed E-state index contributed by atoms with van der Waals surface area (Å²) < 4.78 is 26.9. The third-order valence-electron chi connectivity index (χ3n) is 3.15. The number of Topliss-reactive ketones (excluding diaryl/α,β-unsaturated/α-hetero) is 1. The lowest BCUT2D eigenvalue weighted by Crippen LogP contribution is -2.27. The van der Waals surface area contributed by atoms with Crippen LogP contribution in [0.5, 0.6) is 5.75 Å². The summed E-state index contributed by atoms with van der Waals surface area (Å²) in [5.74, 6) is -0.919. The Morgan fingerprint density at radius 3 is 2.38 bits per heavy atom. The third-order valence-corrected chi connectivity index (χ3v) is 4.91. The largest absolute Gasteiger partial charge is 0.506 e. The van der Waals surface area contributed by atoms with Gasteiger partial charge in [-0.1, -0.05) is 32.4 Å². The van der Waals surface area contributed by atoms with Crippen LogP contribution in [0.15, 0.2) is 17.0 Å². The Labute approximate surface area is 129 Å². The van der Waals surface area contributed by atoms with Crippen molar-refractivity contribution in [1.29, 1.82) is 0 Å². The molecule has 0 bridgehead atoms. The molecule has 0 saturated heterocycles. The first-order chi connectivity index (χ1) is 9.52. The molecule has 116 valence electrons. The molecule has 7 heteroatoms. The molecule has 1 saturated carbocycles. The Balaban J connectivity index is 2.53. The summed E-state index contributed by atoms with van der Waals surface area (Å²) in [6, 6.07) is 2.34. The highest BCUT2D eigenvalue weighted by molar-refractivity contribution is 7.89. The molecule has 0 aliphatic heterocycles. The number of phenols is 1. The monoisotopic (exact) mass is 331 g/mol. The summed E-state index contributed by atoms with van der Waals surface area (Å²) in [7, 11) is -3.89. The van der Waals surface area contributed by atoms with Crippen LogP contribution < -0.4 is 4.72 Å². The third kappa shape index (κ3) is 3.56. The molecular weight excluding hydrogens is 314 g/mol. The van der Waals surface area contributed by atoms with Gasteiger partial charge in [0.25, 0.3) is 0 Å². The molecule has 0 atom stereocenters. The molecule has 0 heterocycles. The van der Waals surface area contributed by atoms with Crippen LogP contribution in [0.25, 0.3) is 0 Å². The van der Waals surface area contributed by atoms with Gasteiger partial charge in [-0.15, -0.1) is 0 Å². The number of hydrogen-bond donors (Lipinski definition) is 2. The van der Waals surface area contributed by atoms with E-state index in [0.717, 1.165) is 18.9 Å². The number of benzene rings is 1. The average molecular weight is 332 g/mol. The first-order valence-electron chi connectivity index (χ1n) is 6.62. The number of halogens is 1. The van der Waals surface area contributed by atoms with Crippen LogP contribution in [0, 0.1) is 5.41 Å². The fraction of sp³-hybridized carbons (Fsp3) is 0.500. The van der Waals surface area contributed by atoms with Gasteiger partial charge in [-0.3, -0.25) is 4.79 Å². The molecule has 5 nitrogen and oxygen atoms in total. The van der Waals surface area contributed by atoms with Crippen molar-refractivity contribution in [2.24, 2.45) is 5.41 Å². The second kappa shape index (κ2) is 5.26. The van der Waals surface area contributed by atoms with Crippen molar-refractivity contribution in [2.45, 2.75) is 44.6 Å². The molecule has 1 aliphatic carbocycles. The molecule has 0 amide bonds. The van der Waals surface area contributed by atoms with E-state index in [0.29, 0.717) is 0 Å². The van der Waals surface area contributed by atoms with Crippen LogP contribution in [0.4, 0.5) is 0 Å². The maximum Gasteiger partial charge on any atom is 0.244 e. The zero-order valence-electron chi connectivity index (χ0n) is 12.1. The molecule has 1 aromatic rings. The van der Waals surface area contributed by atoms with E-state index in [1.54, 1.807) is 20.8 Å². The van der Waals surface area contributed by atoms with Gasteiger partial charge in [-0.2, -0.15) is 0 Å². The minimum absolute atomic E-state index is 0.0776. The van der Waals surface area contributed by atoms with E-state index in [2.05, 4.69) is 4.72 Å². The molecule has 2 rings (SSSR count). The molecule has 21 heavy (non-hydrogen) atoms. The van der Waals surface area contributed by atoms with Gasteiger partial charge in [0.05, 0.1) is 5.56 Å². The van der Waals surface area contributed by atoms with Crippen molar-refractivity contribution in [1.82, 2.24) is 4.72 Å². The molecule has 1 fully saturated rings. The van der Waals surface area contributed by atoms with Crippen molar-refractivity contribution in [2.75, 3.05) is 0 Å². The van der Waals surface area contributed by atoms with E-state index in [1.807, 2.05) is 0 Å². The summed E-state index contributed by atoms with van der Waals surface area (Å²) in [6.07, 6.45) is 1.54. The number of sulfonamides is 1. The maximum absolute atomic E-state index is 12.3. The van der Waals surface area contributed by atoms with Gasteiger partial charge >= 0.3 is 0 Å². The van der Waals surface area contributed by atoms with Crippen molar-refractivity contribution >= 4 is 27.4 Å². The minimum Gasteiger partial charge on any atom is -0.506 e. The molecule has 1 aliphatic rings. The van der Waals surface area contributed by atoms with Crippen molar-refractivity contribution < 1.29 is 18.3 Å². The fourth-order valence-corrected chi connectivity index (χ4v) is 3.57. The normalized spacial score (nSPS) is 16.0. The van der Waals surface area contributed by atoms with Gasteiger partial charge in [0, 0.05) is 16.5 Å². The summed E-state index contributed by atoms with van der Waals surface area (Å²) in [6.45, 7) is 5.06. The molecule has 0 radical (unpaired) electrons. The second-order valence-electron chi connectivity index (χ2n) is 6.27. The van der Waals surface area contributed by atoms with Gasteiger partial charge in [-0.05, 0) is 25.0 Å². The highest BCUT2D eigenvalue weighted by Gasteiger charge is 2.33. The van der Waals surface area contributed by atoms with E-state index in [-0.39, 0.29) is 27.3 Å². The summed E-state index contributed by atoms with van der Waals surface area (Å²) >= 11 is 5.92. The standard InChI is InChI=1S/C14H18ClNO4S/c1-14(2,3)13(18)10-6-8(15)7-11(12(10)17)21(19,20)16-9-4-5-9/h6-7,9,16-17H,4-5H2,1-3H3. The van der Waals surface area contributed by atoms with E-state index in [9.17, 15) is 18.3 Å². The first kappa shape index (κ1) is 16.3. The van der Waals surface area contributed by atoms with E-state index in [4.69, 9.17) is 11.6 Å². The van der Waals surface area contributed by atoms with Gasteiger partial charge in [0.15, 0.2) is 5.78 Å². The number of aromatic hydroxyl groups is 1. The number of ketones is 1. The number of phenolic OH excluding ortho intramolecular Hbond substituents is 1. The number of hydrogen-bond acceptors (Lipinski definition) is 4. The zero-order chi connectivity index (χ0) is 16.0. The average Bonchev–Trinajstić information content (AvgIpc) is 3.12. The Morgan fingerprint density at radius 2 is 1.90 bits per heavy atom. The van der Waals surface area contributed by atoms with Crippen molar-refractivity contribution in [3.05, 3.63) is 22.7 Å². The number of nitrogens with one attached hydrogen (secondary N) is 1. The summed E-state index contributed by atoms with van der Waals surface area (Å²) in [4.78, 5) is 12.0. The van der Waals surface area contributed by atoms with Gasteiger partial charge in [0.1, 0.15) is 10.6 Å². The van der Waals surface area contributed by atoms with Crippen LogP contribution in [-0.4, -0.2) is 25.3 Å². The Morgan fingerprint density at radius 1 is 1.33 bits per heavy atom. The molecule has 0 unspecified atom stereocenters. The first-order valence-corrected chi connectivity index (χ1v) is 8.48. The van der Waals surface area contributed by atoms with Crippen LogP contribution in [-0.2, 0) is 10.0 Å². The lowest BCUT2D eigenvalue weighted by atomic mass is 9.86. The van der Waals surface area contributed by atoms with Gasteiger partial charge in [0.2, 0.25) is 10.0 Å². The van der Waals surface area contributed by atoms with E-state index in [1.165, 1.54) is 6.07 Å². The second-order valence-corrected chi connectivity index (χ2v) is 8.39. The predicted molar refractivity (Wildman–Crippen MR) is 80.2 cm³/mol. The maximum atomic E-state index is 12.3. The van der Waals surface area contributed by atoms with Crippen LogP contribution >= 0.6 is 11.6 Å². The molecule has 1 aromatic carbocycles. The van der Waals surface area contributed by atoms with Crippen molar-refractivity contribution in [3.63, 3.8) is 0 Å².